The number of fused-ring (bicyclic) bond motifs is 1. The number of amides is 1. The van der Waals surface area contributed by atoms with Crippen LogP contribution in [0.4, 0.5) is 4.39 Å². The maximum Gasteiger partial charge on any atom is 0.220 e. The summed E-state index contributed by atoms with van der Waals surface area (Å²) in [4.78, 5) is 15.7. The van der Waals surface area contributed by atoms with E-state index >= 15 is 0 Å². The summed E-state index contributed by atoms with van der Waals surface area (Å²) in [7, 11) is -3.16. The van der Waals surface area contributed by atoms with E-state index in [2.05, 4.69) is 10.3 Å². The molecule has 0 radical (unpaired) electrons. The van der Waals surface area contributed by atoms with Gasteiger partial charge < -0.3 is 10.3 Å². The molecule has 0 saturated carbocycles. The van der Waals surface area contributed by atoms with E-state index in [-0.39, 0.29) is 30.4 Å². The fourth-order valence-electron chi connectivity index (χ4n) is 3.92. The summed E-state index contributed by atoms with van der Waals surface area (Å²) in [5.74, 6) is -0.296. The number of H-pyrrole nitrogens is 1. The second-order valence-corrected chi connectivity index (χ2v) is 9.54. The second-order valence-electron chi connectivity index (χ2n) is 7.45. The molecule has 0 bridgehead atoms. The molecule has 1 aliphatic heterocycles. The minimum atomic E-state index is -3.16. The summed E-state index contributed by atoms with van der Waals surface area (Å²) in [6, 6.07) is 14.4. The Bertz CT molecular complexity index is 1160. The average Bonchev–Trinajstić information content (AvgIpc) is 3.26. The fraction of sp³-hybridized carbons (Fsp3) is 0.318. The van der Waals surface area contributed by atoms with E-state index in [1.165, 1.54) is 16.4 Å². The van der Waals surface area contributed by atoms with Crippen LogP contribution >= 0.6 is 0 Å². The molecule has 0 spiro atoms. The fourth-order valence-corrected chi connectivity index (χ4v) is 5.45. The van der Waals surface area contributed by atoms with Crippen molar-refractivity contribution in [2.24, 2.45) is 0 Å². The molecule has 0 atom stereocenters. The van der Waals surface area contributed by atoms with Crippen LogP contribution in [0.5, 0.6) is 0 Å². The lowest BCUT2D eigenvalue weighted by Crippen LogP contribution is -2.35. The molecule has 1 aromatic heterocycles. The third kappa shape index (κ3) is 4.39. The Morgan fingerprint density at radius 3 is 2.70 bits per heavy atom. The monoisotopic (exact) mass is 429 g/mol. The molecule has 4 rings (SSSR count). The summed E-state index contributed by atoms with van der Waals surface area (Å²) in [6.45, 7) is 1.09. The van der Waals surface area contributed by atoms with Gasteiger partial charge in [0.2, 0.25) is 15.9 Å². The van der Waals surface area contributed by atoms with Crippen molar-refractivity contribution in [2.75, 3.05) is 25.4 Å². The summed E-state index contributed by atoms with van der Waals surface area (Å²) in [6.07, 6.45) is 1.31. The molecule has 1 aliphatic rings. The first kappa shape index (κ1) is 20.6. The van der Waals surface area contributed by atoms with Crippen LogP contribution in [0, 0.1) is 5.82 Å². The molecule has 0 aliphatic carbocycles. The lowest BCUT2D eigenvalue weighted by molar-refractivity contribution is -0.121. The van der Waals surface area contributed by atoms with Crippen molar-refractivity contribution in [3.8, 4) is 11.3 Å². The van der Waals surface area contributed by atoms with Crippen LogP contribution in [-0.2, 0) is 21.2 Å². The van der Waals surface area contributed by atoms with Gasteiger partial charge in [-0.15, -0.1) is 0 Å². The normalized spacial score (nSPS) is 16.2. The third-order valence-corrected chi connectivity index (χ3v) is 7.38. The molecule has 3 aromatic rings. The summed E-state index contributed by atoms with van der Waals surface area (Å²) in [5, 5.41) is 3.57. The lowest BCUT2D eigenvalue weighted by atomic mass is 10.0. The average molecular weight is 430 g/mol. The van der Waals surface area contributed by atoms with Crippen molar-refractivity contribution in [3.05, 3.63) is 59.9 Å². The highest BCUT2D eigenvalue weighted by Crippen LogP contribution is 2.31. The maximum absolute atomic E-state index is 13.9. The molecule has 1 saturated heterocycles. The van der Waals surface area contributed by atoms with Crippen LogP contribution in [0.1, 0.15) is 18.4 Å². The Morgan fingerprint density at radius 2 is 1.97 bits per heavy atom. The molecule has 2 N–H and O–H groups in total. The van der Waals surface area contributed by atoms with Crippen molar-refractivity contribution in [3.63, 3.8) is 0 Å². The number of benzene rings is 2. The smallest absolute Gasteiger partial charge is 0.220 e. The van der Waals surface area contributed by atoms with Crippen molar-refractivity contribution < 1.29 is 17.6 Å². The van der Waals surface area contributed by atoms with Crippen LogP contribution < -0.4 is 5.32 Å². The number of aromatic nitrogens is 1. The van der Waals surface area contributed by atoms with Crippen LogP contribution in [-0.4, -0.2) is 49.0 Å². The minimum Gasteiger partial charge on any atom is -0.355 e. The zero-order valence-corrected chi connectivity index (χ0v) is 17.3. The molecule has 0 unspecified atom stereocenters. The van der Waals surface area contributed by atoms with Gasteiger partial charge in [-0.25, -0.2) is 17.1 Å². The van der Waals surface area contributed by atoms with Crippen molar-refractivity contribution in [1.29, 1.82) is 0 Å². The van der Waals surface area contributed by atoms with Gasteiger partial charge in [0.05, 0.1) is 5.75 Å². The largest absolute Gasteiger partial charge is 0.355 e. The first-order chi connectivity index (χ1) is 14.4. The number of nitrogens with one attached hydrogen (secondary N) is 2. The highest BCUT2D eigenvalue weighted by atomic mass is 32.2. The van der Waals surface area contributed by atoms with Gasteiger partial charge in [0.1, 0.15) is 5.82 Å². The molecule has 30 heavy (non-hydrogen) atoms. The molecule has 6 nitrogen and oxygen atoms in total. The van der Waals surface area contributed by atoms with Crippen LogP contribution in [0.25, 0.3) is 22.2 Å². The van der Waals surface area contributed by atoms with Gasteiger partial charge in [-0.2, -0.15) is 0 Å². The number of hydrogen-bond acceptors (Lipinski definition) is 3. The van der Waals surface area contributed by atoms with E-state index in [0.29, 0.717) is 25.9 Å². The van der Waals surface area contributed by atoms with Gasteiger partial charge in [-0.1, -0.05) is 30.3 Å². The molecule has 1 fully saturated rings. The topological polar surface area (TPSA) is 82.3 Å². The number of aryl methyl sites for hydroxylation is 1. The first-order valence-electron chi connectivity index (χ1n) is 10.0. The molecular weight excluding hydrogens is 405 g/mol. The zero-order chi connectivity index (χ0) is 21.1. The molecule has 1 amide bonds. The predicted molar refractivity (Wildman–Crippen MR) is 115 cm³/mol. The number of rotatable bonds is 7. The van der Waals surface area contributed by atoms with Gasteiger partial charge in [-0.3, -0.25) is 4.79 Å². The molecule has 2 heterocycles. The highest BCUT2D eigenvalue weighted by molar-refractivity contribution is 7.89. The number of aromatic amines is 1. The number of nitrogens with zero attached hydrogens (tertiary/aromatic N) is 1. The Balaban J connectivity index is 1.45. The van der Waals surface area contributed by atoms with E-state index in [0.717, 1.165) is 27.7 Å². The standard InChI is InChI=1S/C22H24FN3O3S/c23-17-7-9-20-19(15-17)18(22(25-20)16-5-2-1-3-6-16)8-10-21(27)24-11-13-26-12-4-14-30(26,28)29/h1-3,5-7,9,15,25H,4,8,10-14H2,(H,24,27). The molecule has 8 heteroatoms. The predicted octanol–water partition coefficient (Wildman–Crippen LogP) is 3.06. The number of carbonyl (C=O) groups excluding carboxylic acids is 1. The van der Waals surface area contributed by atoms with Gasteiger partial charge in [0.25, 0.3) is 0 Å². The molecular formula is C22H24FN3O3S. The first-order valence-corrected chi connectivity index (χ1v) is 11.6. The lowest BCUT2D eigenvalue weighted by Gasteiger charge is -2.14. The van der Waals surface area contributed by atoms with Crippen molar-refractivity contribution in [2.45, 2.75) is 19.3 Å². The van der Waals surface area contributed by atoms with Gasteiger partial charge in [0.15, 0.2) is 0 Å². The van der Waals surface area contributed by atoms with Crippen LogP contribution in [0.15, 0.2) is 48.5 Å². The summed E-state index contributed by atoms with van der Waals surface area (Å²) >= 11 is 0. The number of halogens is 1. The van der Waals surface area contributed by atoms with Gasteiger partial charge in [-0.05, 0) is 42.2 Å². The Hall–Kier alpha value is -2.71. The van der Waals surface area contributed by atoms with E-state index in [9.17, 15) is 17.6 Å². The van der Waals surface area contributed by atoms with E-state index in [1.54, 1.807) is 6.07 Å². The molecule has 2 aromatic carbocycles. The number of carbonyl (C=O) groups is 1. The quantitative estimate of drug-likeness (QED) is 0.606. The number of hydrogen-bond donors (Lipinski definition) is 2. The van der Waals surface area contributed by atoms with Crippen LogP contribution in [0.3, 0.4) is 0 Å². The van der Waals surface area contributed by atoms with Gasteiger partial charge >= 0.3 is 0 Å². The van der Waals surface area contributed by atoms with Crippen molar-refractivity contribution >= 4 is 26.8 Å². The third-order valence-electron chi connectivity index (χ3n) is 5.42. The SMILES string of the molecule is O=C(CCc1c(-c2ccccc2)[nH]c2ccc(F)cc12)NCCN1CCCS1(=O)=O. The Morgan fingerprint density at radius 1 is 1.17 bits per heavy atom. The van der Waals surface area contributed by atoms with Crippen LogP contribution in [0.2, 0.25) is 0 Å². The highest BCUT2D eigenvalue weighted by Gasteiger charge is 2.27. The Kier molecular flexibility index (Phi) is 5.87. The van der Waals surface area contributed by atoms with E-state index in [4.69, 9.17) is 0 Å². The van der Waals surface area contributed by atoms with Gasteiger partial charge in [0, 0.05) is 42.7 Å². The number of sulfonamides is 1. The maximum atomic E-state index is 13.9. The summed E-state index contributed by atoms with van der Waals surface area (Å²) < 4.78 is 38.9. The summed E-state index contributed by atoms with van der Waals surface area (Å²) in [5.41, 5.74) is 3.58. The zero-order valence-electron chi connectivity index (χ0n) is 16.5. The van der Waals surface area contributed by atoms with Crippen molar-refractivity contribution in [1.82, 2.24) is 14.6 Å². The second kappa shape index (κ2) is 8.57. The van der Waals surface area contributed by atoms with E-state index < -0.39 is 10.0 Å². The van der Waals surface area contributed by atoms with E-state index in [1.807, 2.05) is 30.3 Å². The molecule has 158 valence electrons. The Labute approximate surface area is 175 Å². The minimum absolute atomic E-state index is 0.156.